The third kappa shape index (κ3) is 1.56. The third-order valence-electron chi connectivity index (χ3n) is 1.66. The van der Waals surface area contributed by atoms with E-state index in [4.69, 9.17) is 10.2 Å². The predicted octanol–water partition coefficient (Wildman–Crippen LogP) is 1.37. The first kappa shape index (κ1) is 9.01. The van der Waals surface area contributed by atoms with Gasteiger partial charge >= 0.3 is 0 Å². The molecule has 0 saturated carbocycles. The maximum atomic E-state index is 10.9. The summed E-state index contributed by atoms with van der Waals surface area (Å²) >= 11 is 3.16. The predicted molar refractivity (Wildman–Crippen MR) is 54.7 cm³/mol. The minimum Gasteiger partial charge on any atom is -0.448 e. The second-order valence-corrected chi connectivity index (χ2v) is 3.42. The fraction of sp³-hybridized carbons (Fsp3) is 0. The highest BCUT2D eigenvalue weighted by molar-refractivity contribution is 9.10. The van der Waals surface area contributed by atoms with Crippen LogP contribution in [0.3, 0.4) is 0 Å². The molecule has 0 aromatic carbocycles. The molecule has 0 unspecified atom stereocenters. The number of hydrogen-bond donors (Lipinski definition) is 2. The van der Waals surface area contributed by atoms with E-state index in [-0.39, 0.29) is 5.69 Å². The number of aromatic amines is 1. The summed E-state index contributed by atoms with van der Waals surface area (Å²) in [7, 11) is 0. The molecular formula is C8H6BrN3O2. The quantitative estimate of drug-likeness (QED) is 0.806. The molecule has 0 bridgehead atoms. The summed E-state index contributed by atoms with van der Waals surface area (Å²) in [5.41, 5.74) is 5.63. The number of rotatable bonds is 1. The molecule has 6 heteroatoms. The Morgan fingerprint density at radius 1 is 1.50 bits per heavy atom. The number of aromatic nitrogens is 2. The van der Waals surface area contributed by atoms with Crippen LogP contribution in [0, 0.1) is 0 Å². The molecular weight excluding hydrogens is 250 g/mol. The molecule has 2 aromatic heterocycles. The zero-order valence-corrected chi connectivity index (χ0v) is 8.54. The van der Waals surface area contributed by atoms with Crippen LogP contribution in [0.25, 0.3) is 11.5 Å². The molecule has 0 saturated heterocycles. The highest BCUT2D eigenvalue weighted by Crippen LogP contribution is 2.22. The lowest BCUT2D eigenvalue weighted by Gasteiger charge is -1.95. The summed E-state index contributed by atoms with van der Waals surface area (Å²) in [4.78, 5) is 10.9. The summed E-state index contributed by atoms with van der Waals surface area (Å²) in [5, 5.41) is 6.06. The van der Waals surface area contributed by atoms with Crippen molar-refractivity contribution in [2.45, 2.75) is 0 Å². The summed E-state index contributed by atoms with van der Waals surface area (Å²) in [6.45, 7) is 0. The van der Waals surface area contributed by atoms with E-state index in [0.29, 0.717) is 16.1 Å². The Morgan fingerprint density at radius 3 is 2.86 bits per heavy atom. The Bertz CT molecular complexity index is 517. The Balaban J connectivity index is 2.52. The maximum absolute atomic E-state index is 10.9. The molecule has 0 radical (unpaired) electrons. The number of nitrogens with two attached hydrogens (primary N) is 1. The SMILES string of the molecule is Nc1cc(-c2ccc(Br)o2)n[nH]c1=O. The van der Waals surface area contributed by atoms with Gasteiger partial charge in [-0.1, -0.05) is 0 Å². The molecule has 2 rings (SSSR count). The van der Waals surface area contributed by atoms with Gasteiger partial charge in [0.05, 0.1) is 0 Å². The summed E-state index contributed by atoms with van der Waals surface area (Å²) in [6.07, 6.45) is 0. The monoisotopic (exact) mass is 255 g/mol. The smallest absolute Gasteiger partial charge is 0.287 e. The van der Waals surface area contributed by atoms with Crippen molar-refractivity contribution in [1.82, 2.24) is 10.2 Å². The standard InChI is InChI=1S/C8H6BrN3O2/c9-7-2-1-6(14-7)5-3-4(10)8(13)12-11-5/h1-3H,(H2,10,11)(H,12,13). The Hall–Kier alpha value is -1.56. The average molecular weight is 256 g/mol. The minimum atomic E-state index is -0.403. The second-order valence-electron chi connectivity index (χ2n) is 2.64. The van der Waals surface area contributed by atoms with Gasteiger partial charge in [-0.3, -0.25) is 4.79 Å². The van der Waals surface area contributed by atoms with Gasteiger partial charge in [0, 0.05) is 0 Å². The van der Waals surface area contributed by atoms with Gasteiger partial charge in [-0.15, -0.1) is 0 Å². The Morgan fingerprint density at radius 2 is 2.29 bits per heavy atom. The lowest BCUT2D eigenvalue weighted by Crippen LogP contribution is -2.13. The number of H-pyrrole nitrogens is 1. The molecule has 2 aromatic rings. The van der Waals surface area contributed by atoms with Gasteiger partial charge in [-0.25, -0.2) is 5.10 Å². The zero-order chi connectivity index (χ0) is 10.1. The van der Waals surface area contributed by atoms with Crippen molar-refractivity contribution >= 4 is 21.6 Å². The van der Waals surface area contributed by atoms with Crippen molar-refractivity contribution in [2.24, 2.45) is 0 Å². The lowest BCUT2D eigenvalue weighted by atomic mass is 10.3. The van der Waals surface area contributed by atoms with Crippen molar-refractivity contribution in [3.8, 4) is 11.5 Å². The van der Waals surface area contributed by atoms with E-state index in [1.807, 2.05) is 0 Å². The topological polar surface area (TPSA) is 84.9 Å². The van der Waals surface area contributed by atoms with Crippen LogP contribution in [0.1, 0.15) is 0 Å². The van der Waals surface area contributed by atoms with E-state index in [2.05, 4.69) is 26.1 Å². The second kappa shape index (κ2) is 3.30. The van der Waals surface area contributed by atoms with Crippen molar-refractivity contribution in [3.05, 3.63) is 33.2 Å². The number of anilines is 1. The van der Waals surface area contributed by atoms with E-state index < -0.39 is 5.56 Å². The van der Waals surface area contributed by atoms with Gasteiger partial charge in [0.2, 0.25) is 0 Å². The van der Waals surface area contributed by atoms with Crippen LogP contribution in [0.5, 0.6) is 0 Å². The molecule has 0 aliphatic rings. The fourth-order valence-electron chi connectivity index (χ4n) is 0.999. The minimum absolute atomic E-state index is 0.113. The molecule has 0 aliphatic heterocycles. The van der Waals surface area contributed by atoms with E-state index >= 15 is 0 Å². The third-order valence-corrected chi connectivity index (χ3v) is 2.08. The number of halogens is 1. The van der Waals surface area contributed by atoms with E-state index in [9.17, 15) is 4.79 Å². The summed E-state index contributed by atoms with van der Waals surface area (Å²) in [5.74, 6) is 0.542. The molecule has 14 heavy (non-hydrogen) atoms. The van der Waals surface area contributed by atoms with Crippen molar-refractivity contribution in [3.63, 3.8) is 0 Å². The largest absolute Gasteiger partial charge is 0.448 e. The molecule has 72 valence electrons. The molecule has 0 fully saturated rings. The van der Waals surface area contributed by atoms with Crippen molar-refractivity contribution in [2.75, 3.05) is 5.73 Å². The molecule has 5 nitrogen and oxygen atoms in total. The summed E-state index contributed by atoms with van der Waals surface area (Å²) in [6, 6.07) is 4.92. The van der Waals surface area contributed by atoms with E-state index in [0.717, 1.165) is 0 Å². The van der Waals surface area contributed by atoms with Crippen LogP contribution >= 0.6 is 15.9 Å². The number of hydrogen-bond acceptors (Lipinski definition) is 4. The first-order valence-corrected chi connectivity index (χ1v) is 4.57. The van der Waals surface area contributed by atoms with E-state index in [1.54, 1.807) is 12.1 Å². The van der Waals surface area contributed by atoms with Crippen LogP contribution in [-0.2, 0) is 0 Å². The molecule has 3 N–H and O–H groups in total. The highest BCUT2D eigenvalue weighted by atomic mass is 79.9. The van der Waals surface area contributed by atoms with Gasteiger partial charge in [0.1, 0.15) is 11.4 Å². The molecule has 0 amide bonds. The van der Waals surface area contributed by atoms with Crippen molar-refractivity contribution < 1.29 is 4.42 Å². The molecule has 0 atom stereocenters. The van der Waals surface area contributed by atoms with Crippen LogP contribution in [0.2, 0.25) is 0 Å². The molecule has 0 spiro atoms. The highest BCUT2D eigenvalue weighted by Gasteiger charge is 2.06. The number of nitrogens with zero attached hydrogens (tertiary/aromatic N) is 1. The lowest BCUT2D eigenvalue weighted by molar-refractivity contribution is 0.552. The van der Waals surface area contributed by atoms with Gasteiger partial charge < -0.3 is 10.2 Å². The number of nitrogen functional groups attached to an aromatic ring is 1. The Labute approximate surface area is 87.1 Å². The van der Waals surface area contributed by atoms with Gasteiger partial charge in [-0.05, 0) is 34.1 Å². The van der Waals surface area contributed by atoms with Crippen LogP contribution in [0.15, 0.2) is 32.1 Å². The van der Waals surface area contributed by atoms with Crippen LogP contribution < -0.4 is 11.3 Å². The average Bonchev–Trinajstić information content (AvgIpc) is 2.57. The van der Waals surface area contributed by atoms with Crippen molar-refractivity contribution in [1.29, 1.82) is 0 Å². The van der Waals surface area contributed by atoms with Crippen LogP contribution in [-0.4, -0.2) is 10.2 Å². The van der Waals surface area contributed by atoms with Gasteiger partial charge in [-0.2, -0.15) is 5.10 Å². The zero-order valence-electron chi connectivity index (χ0n) is 6.95. The number of nitrogens with one attached hydrogen (secondary N) is 1. The molecule has 0 aliphatic carbocycles. The Kier molecular flexibility index (Phi) is 2.12. The summed E-state index contributed by atoms with van der Waals surface area (Å²) < 4.78 is 5.84. The fourth-order valence-corrected chi connectivity index (χ4v) is 1.31. The first-order chi connectivity index (χ1) is 6.66. The van der Waals surface area contributed by atoms with Gasteiger partial charge in [0.15, 0.2) is 10.4 Å². The first-order valence-electron chi connectivity index (χ1n) is 3.78. The van der Waals surface area contributed by atoms with Gasteiger partial charge in [0.25, 0.3) is 5.56 Å². The van der Waals surface area contributed by atoms with E-state index in [1.165, 1.54) is 6.07 Å². The maximum Gasteiger partial charge on any atom is 0.287 e. The van der Waals surface area contributed by atoms with Crippen LogP contribution in [0.4, 0.5) is 5.69 Å². The number of furan rings is 1. The normalized spacial score (nSPS) is 10.4. The molecule has 2 heterocycles.